The van der Waals surface area contributed by atoms with Crippen LogP contribution in [0.15, 0.2) is 59.4 Å². The highest BCUT2D eigenvalue weighted by atomic mass is 35.5. The number of nitrogens with one attached hydrogen (secondary N) is 1. The summed E-state index contributed by atoms with van der Waals surface area (Å²) in [5, 5.41) is 3.22. The number of para-hydroxylation sites is 1. The van der Waals surface area contributed by atoms with Gasteiger partial charge < -0.3 is 5.32 Å². The number of hydrogen-bond donors (Lipinski definition) is 1. The van der Waals surface area contributed by atoms with Crippen molar-refractivity contribution in [1.82, 2.24) is 13.7 Å². The number of aromatic nitrogens is 2. The van der Waals surface area contributed by atoms with Crippen LogP contribution in [0.5, 0.6) is 0 Å². The molecule has 180 valence electrons. The van der Waals surface area contributed by atoms with Gasteiger partial charge in [0.25, 0.3) is 5.56 Å². The molecular formula is C24H27ClN4O4S. The Labute approximate surface area is 203 Å². The lowest BCUT2D eigenvalue weighted by Crippen LogP contribution is -2.42. The Bertz CT molecular complexity index is 1360. The number of halogens is 1. The zero-order valence-electron chi connectivity index (χ0n) is 19.1. The van der Waals surface area contributed by atoms with E-state index in [-0.39, 0.29) is 41.9 Å². The van der Waals surface area contributed by atoms with E-state index in [1.807, 2.05) is 30.3 Å². The van der Waals surface area contributed by atoms with Crippen molar-refractivity contribution in [2.45, 2.75) is 25.5 Å². The van der Waals surface area contributed by atoms with Crippen LogP contribution in [0.2, 0.25) is 5.02 Å². The fraction of sp³-hybridized carbons (Fsp3) is 0.333. The second-order valence-corrected chi connectivity index (χ2v) is 10.8. The van der Waals surface area contributed by atoms with Crippen LogP contribution in [0.1, 0.15) is 24.1 Å². The van der Waals surface area contributed by atoms with Crippen LogP contribution in [0, 0.1) is 12.8 Å². The molecule has 10 heteroatoms. The summed E-state index contributed by atoms with van der Waals surface area (Å²) in [6, 6.07) is 16.1. The molecule has 0 radical (unpaired) electrons. The summed E-state index contributed by atoms with van der Waals surface area (Å²) in [6.07, 6.45) is 0.763. The van der Waals surface area contributed by atoms with E-state index < -0.39 is 10.0 Å². The van der Waals surface area contributed by atoms with Crippen molar-refractivity contribution >= 4 is 33.2 Å². The highest BCUT2D eigenvalue weighted by Crippen LogP contribution is 2.25. The van der Waals surface area contributed by atoms with Crippen LogP contribution in [0.3, 0.4) is 0 Å². The lowest BCUT2D eigenvalue weighted by atomic mass is 9.97. The normalized spacial score (nSPS) is 15.4. The molecule has 3 aromatic rings. The van der Waals surface area contributed by atoms with Gasteiger partial charge in [0.1, 0.15) is 5.69 Å². The van der Waals surface area contributed by atoms with Crippen molar-refractivity contribution < 1.29 is 13.2 Å². The van der Waals surface area contributed by atoms with Crippen LogP contribution in [-0.4, -0.2) is 41.1 Å². The summed E-state index contributed by atoms with van der Waals surface area (Å²) >= 11 is 6.12. The second-order valence-electron chi connectivity index (χ2n) is 8.45. The highest BCUT2D eigenvalue weighted by molar-refractivity contribution is 7.88. The van der Waals surface area contributed by atoms with Crippen LogP contribution in [-0.2, 0) is 27.6 Å². The molecule has 1 saturated heterocycles. The maximum atomic E-state index is 13.0. The molecule has 1 aliphatic rings. The summed E-state index contributed by atoms with van der Waals surface area (Å²) in [5.41, 5.74) is 1.83. The number of piperidine rings is 1. The molecule has 1 aliphatic heterocycles. The second kappa shape index (κ2) is 9.77. The molecule has 1 aromatic heterocycles. The van der Waals surface area contributed by atoms with E-state index in [4.69, 9.17) is 11.6 Å². The quantitative estimate of drug-likeness (QED) is 0.559. The Morgan fingerprint density at radius 3 is 2.32 bits per heavy atom. The molecule has 1 fully saturated rings. The Balaban J connectivity index is 1.43. The molecule has 0 spiro atoms. The summed E-state index contributed by atoms with van der Waals surface area (Å²) in [6.45, 7) is 2.26. The van der Waals surface area contributed by atoms with E-state index in [1.54, 1.807) is 42.9 Å². The molecule has 34 heavy (non-hydrogen) atoms. The van der Waals surface area contributed by atoms with Crippen molar-refractivity contribution in [3.05, 3.63) is 81.2 Å². The van der Waals surface area contributed by atoms with Gasteiger partial charge in [-0.2, -0.15) is 0 Å². The number of hydrogen-bond acceptors (Lipinski definition) is 4. The van der Waals surface area contributed by atoms with Crippen LogP contribution in [0.25, 0.3) is 5.69 Å². The van der Waals surface area contributed by atoms with Crippen molar-refractivity contribution in [2.24, 2.45) is 13.0 Å². The number of anilines is 1. The lowest BCUT2D eigenvalue weighted by molar-refractivity contribution is -0.120. The molecule has 1 N–H and O–H groups in total. The van der Waals surface area contributed by atoms with E-state index in [0.29, 0.717) is 34.8 Å². The number of sulfonamides is 1. The van der Waals surface area contributed by atoms with Gasteiger partial charge in [0.05, 0.1) is 17.1 Å². The third-order valence-electron chi connectivity index (χ3n) is 6.32. The van der Waals surface area contributed by atoms with E-state index in [2.05, 4.69) is 5.32 Å². The van der Waals surface area contributed by atoms with Gasteiger partial charge >= 0.3 is 0 Å². The largest absolute Gasteiger partial charge is 0.320 e. The topological polar surface area (TPSA) is 93.4 Å². The number of carbonyl (C=O) groups is 1. The zero-order valence-corrected chi connectivity index (χ0v) is 20.6. The first-order chi connectivity index (χ1) is 16.2. The minimum absolute atomic E-state index is 0.175. The first-order valence-electron chi connectivity index (χ1n) is 11.0. The van der Waals surface area contributed by atoms with Crippen LogP contribution in [0.4, 0.5) is 5.69 Å². The average molecular weight is 503 g/mol. The third kappa shape index (κ3) is 4.82. The molecule has 8 nitrogen and oxygen atoms in total. The summed E-state index contributed by atoms with van der Waals surface area (Å²) in [5.74, 6) is -0.823. The van der Waals surface area contributed by atoms with E-state index in [1.165, 1.54) is 8.99 Å². The molecule has 2 aromatic carbocycles. The fourth-order valence-electron chi connectivity index (χ4n) is 4.24. The van der Waals surface area contributed by atoms with Gasteiger partial charge in [-0.3, -0.25) is 14.3 Å². The first kappa shape index (κ1) is 24.3. The van der Waals surface area contributed by atoms with Gasteiger partial charge in [0.15, 0.2) is 0 Å². The Kier molecular flexibility index (Phi) is 6.97. The van der Waals surface area contributed by atoms with Crippen molar-refractivity contribution in [1.29, 1.82) is 0 Å². The molecule has 0 unspecified atom stereocenters. The minimum Gasteiger partial charge on any atom is -0.320 e. The Morgan fingerprint density at radius 1 is 1.06 bits per heavy atom. The number of rotatable bonds is 6. The third-order valence-corrected chi connectivity index (χ3v) is 8.51. The minimum atomic E-state index is -3.55. The predicted octanol–water partition coefficient (Wildman–Crippen LogP) is 3.32. The van der Waals surface area contributed by atoms with Gasteiger partial charge in [-0.25, -0.2) is 17.4 Å². The number of benzene rings is 2. The summed E-state index contributed by atoms with van der Waals surface area (Å²) < 4.78 is 30.3. The van der Waals surface area contributed by atoms with Gasteiger partial charge in [-0.1, -0.05) is 48.0 Å². The first-order valence-corrected chi connectivity index (χ1v) is 13.0. The van der Waals surface area contributed by atoms with Gasteiger partial charge in [-0.05, 0) is 43.5 Å². The molecule has 2 heterocycles. The molecule has 1 amide bonds. The molecule has 0 bridgehead atoms. The molecule has 4 rings (SSSR count). The smallest absolute Gasteiger partial charge is 0.295 e. The monoisotopic (exact) mass is 502 g/mol. The summed E-state index contributed by atoms with van der Waals surface area (Å²) in [4.78, 5) is 26.0. The molecule has 0 aliphatic carbocycles. The van der Waals surface area contributed by atoms with Gasteiger partial charge in [0.2, 0.25) is 15.9 Å². The van der Waals surface area contributed by atoms with Crippen LogP contribution < -0.4 is 10.9 Å². The Morgan fingerprint density at radius 2 is 1.68 bits per heavy atom. The SMILES string of the molecule is Cc1c(NC(=O)C2CCN(S(=O)(=O)Cc3ccccc3Cl)CC2)c(=O)n(-c2ccccc2)n1C. The molecular weight excluding hydrogens is 476 g/mol. The number of carbonyl (C=O) groups excluding carboxylic acids is 1. The van der Waals surface area contributed by atoms with Crippen molar-refractivity contribution in [2.75, 3.05) is 18.4 Å². The predicted molar refractivity (Wildman–Crippen MR) is 133 cm³/mol. The van der Waals surface area contributed by atoms with Gasteiger partial charge in [0, 0.05) is 31.1 Å². The molecule has 0 atom stereocenters. The van der Waals surface area contributed by atoms with Crippen LogP contribution >= 0.6 is 11.6 Å². The number of nitrogens with zero attached hydrogens (tertiary/aromatic N) is 3. The Hall–Kier alpha value is -2.88. The maximum Gasteiger partial charge on any atom is 0.295 e. The van der Waals surface area contributed by atoms with Crippen molar-refractivity contribution in [3.8, 4) is 5.69 Å². The molecule has 0 saturated carbocycles. The summed E-state index contributed by atoms with van der Waals surface area (Å²) in [7, 11) is -1.79. The average Bonchev–Trinajstić information content (AvgIpc) is 3.04. The highest BCUT2D eigenvalue weighted by Gasteiger charge is 2.32. The van der Waals surface area contributed by atoms with E-state index in [9.17, 15) is 18.0 Å². The van der Waals surface area contributed by atoms with E-state index >= 15 is 0 Å². The fourth-order valence-corrected chi connectivity index (χ4v) is 6.11. The van der Waals surface area contributed by atoms with Crippen molar-refractivity contribution in [3.63, 3.8) is 0 Å². The number of amides is 1. The standard InChI is InChI=1S/C24H27ClN4O4S/c1-17-22(24(31)29(27(17)2)20-9-4-3-5-10-20)26-23(30)18-12-14-28(15-13-18)34(32,33)16-19-8-6-7-11-21(19)25/h3-11,18H,12-16H2,1-2H3,(H,26,30). The lowest BCUT2D eigenvalue weighted by Gasteiger charge is -2.30. The maximum absolute atomic E-state index is 13.0. The van der Waals surface area contributed by atoms with Gasteiger partial charge in [-0.15, -0.1) is 0 Å². The van der Waals surface area contributed by atoms with E-state index in [0.717, 1.165) is 0 Å². The zero-order chi connectivity index (χ0) is 24.5.